The van der Waals surface area contributed by atoms with Crippen LogP contribution in [0.3, 0.4) is 0 Å². The van der Waals surface area contributed by atoms with Crippen molar-refractivity contribution in [1.82, 2.24) is 0 Å². The van der Waals surface area contributed by atoms with Gasteiger partial charge >= 0.3 is 5.97 Å². The van der Waals surface area contributed by atoms with E-state index in [1.165, 1.54) is 12.1 Å². The molecule has 0 aliphatic heterocycles. The molecular formula is C16H22FNO2. The van der Waals surface area contributed by atoms with Crippen LogP contribution in [0.15, 0.2) is 24.3 Å². The minimum absolute atomic E-state index is 0.198. The van der Waals surface area contributed by atoms with Crippen LogP contribution in [0.4, 0.5) is 10.1 Å². The zero-order valence-electron chi connectivity index (χ0n) is 12.1. The Labute approximate surface area is 119 Å². The average Bonchev–Trinajstić information content (AvgIpc) is 2.44. The third kappa shape index (κ3) is 3.30. The molecule has 0 aromatic heterocycles. The van der Waals surface area contributed by atoms with Crippen molar-refractivity contribution in [2.45, 2.75) is 45.1 Å². The number of esters is 1. The molecule has 0 unspecified atom stereocenters. The van der Waals surface area contributed by atoms with Gasteiger partial charge in [-0.25, -0.2) is 9.18 Å². The van der Waals surface area contributed by atoms with Crippen LogP contribution in [0.2, 0.25) is 0 Å². The molecule has 0 atom stereocenters. The molecule has 0 saturated heterocycles. The predicted octanol–water partition coefficient (Wildman–Crippen LogP) is 3.75. The highest BCUT2D eigenvalue weighted by Gasteiger charge is 2.42. The largest absolute Gasteiger partial charge is 0.464 e. The number of nitrogens with one attached hydrogen (secondary N) is 1. The van der Waals surface area contributed by atoms with Gasteiger partial charge in [0.25, 0.3) is 0 Å². The number of hydrogen-bond donors (Lipinski definition) is 1. The molecule has 0 heterocycles. The van der Waals surface area contributed by atoms with Crippen LogP contribution in [0.1, 0.15) is 39.5 Å². The molecule has 1 saturated carbocycles. The summed E-state index contributed by atoms with van der Waals surface area (Å²) in [4.78, 5) is 12.3. The second kappa shape index (κ2) is 6.25. The molecule has 1 aromatic rings. The van der Waals surface area contributed by atoms with Gasteiger partial charge in [-0.1, -0.05) is 6.92 Å². The molecular weight excluding hydrogens is 257 g/mol. The normalized spacial score (nSPS) is 26.1. The van der Waals surface area contributed by atoms with E-state index in [0.29, 0.717) is 12.5 Å². The van der Waals surface area contributed by atoms with E-state index in [9.17, 15) is 9.18 Å². The summed E-state index contributed by atoms with van der Waals surface area (Å²) in [6.07, 6.45) is 3.49. The first-order chi connectivity index (χ1) is 9.55. The second-order valence-corrected chi connectivity index (χ2v) is 5.62. The number of benzene rings is 1. The summed E-state index contributed by atoms with van der Waals surface area (Å²) < 4.78 is 18.2. The highest BCUT2D eigenvalue weighted by Crippen LogP contribution is 2.35. The van der Waals surface area contributed by atoms with Gasteiger partial charge in [-0.2, -0.15) is 0 Å². The summed E-state index contributed by atoms with van der Waals surface area (Å²) in [6.45, 7) is 4.39. The van der Waals surface area contributed by atoms with E-state index in [2.05, 4.69) is 12.2 Å². The molecule has 1 aliphatic rings. The van der Waals surface area contributed by atoms with E-state index >= 15 is 0 Å². The molecule has 0 radical (unpaired) electrons. The molecule has 0 bridgehead atoms. The summed E-state index contributed by atoms with van der Waals surface area (Å²) >= 11 is 0. The molecule has 1 N–H and O–H groups in total. The van der Waals surface area contributed by atoms with E-state index in [1.54, 1.807) is 12.1 Å². The van der Waals surface area contributed by atoms with Crippen LogP contribution in [0.5, 0.6) is 0 Å². The van der Waals surface area contributed by atoms with Crippen molar-refractivity contribution < 1.29 is 13.9 Å². The van der Waals surface area contributed by atoms with Crippen LogP contribution in [-0.4, -0.2) is 18.1 Å². The summed E-state index contributed by atoms with van der Waals surface area (Å²) in [5.41, 5.74) is 0.0920. The van der Waals surface area contributed by atoms with Crippen molar-refractivity contribution in [1.29, 1.82) is 0 Å². The Morgan fingerprint density at radius 3 is 2.50 bits per heavy atom. The van der Waals surface area contributed by atoms with Crippen molar-refractivity contribution in [3.8, 4) is 0 Å². The number of hydrogen-bond acceptors (Lipinski definition) is 3. The minimum Gasteiger partial charge on any atom is -0.464 e. The number of anilines is 1. The first kappa shape index (κ1) is 14.8. The van der Waals surface area contributed by atoms with Crippen LogP contribution in [0.25, 0.3) is 0 Å². The maximum Gasteiger partial charge on any atom is 0.331 e. The molecule has 1 fully saturated rings. The number of carbonyl (C=O) groups excluding carboxylic acids is 1. The Balaban J connectivity index is 2.18. The first-order valence-corrected chi connectivity index (χ1v) is 7.27. The van der Waals surface area contributed by atoms with E-state index in [0.717, 1.165) is 31.4 Å². The van der Waals surface area contributed by atoms with Crippen molar-refractivity contribution in [2.24, 2.45) is 5.92 Å². The van der Waals surface area contributed by atoms with Gasteiger partial charge in [0, 0.05) is 5.69 Å². The molecule has 2 rings (SSSR count). The fourth-order valence-electron chi connectivity index (χ4n) is 2.71. The summed E-state index contributed by atoms with van der Waals surface area (Å²) in [5, 5.41) is 3.29. The Morgan fingerprint density at radius 1 is 1.35 bits per heavy atom. The molecule has 0 amide bonds. The SMILES string of the molecule is CCOC(=O)C1(Nc2ccc(F)cc2)CCC(C)CC1. The monoisotopic (exact) mass is 279 g/mol. The predicted molar refractivity (Wildman–Crippen MR) is 77.0 cm³/mol. The van der Waals surface area contributed by atoms with Gasteiger partial charge < -0.3 is 10.1 Å². The van der Waals surface area contributed by atoms with Gasteiger partial charge in [-0.3, -0.25) is 0 Å². The van der Waals surface area contributed by atoms with Crippen molar-refractivity contribution in [2.75, 3.05) is 11.9 Å². The lowest BCUT2D eigenvalue weighted by atomic mass is 9.77. The van der Waals surface area contributed by atoms with E-state index in [1.807, 2.05) is 6.92 Å². The maximum absolute atomic E-state index is 13.0. The highest BCUT2D eigenvalue weighted by molar-refractivity contribution is 5.84. The zero-order valence-corrected chi connectivity index (χ0v) is 12.1. The standard InChI is InChI=1S/C16H22FNO2/c1-3-20-15(19)16(10-8-12(2)9-11-16)18-14-6-4-13(17)5-7-14/h4-7,12,18H,3,8-11H2,1-2H3. The summed E-state index contributed by atoms with van der Waals surface area (Å²) in [6, 6.07) is 6.11. The Morgan fingerprint density at radius 2 is 1.95 bits per heavy atom. The molecule has 1 aromatic carbocycles. The van der Waals surface area contributed by atoms with Crippen LogP contribution in [-0.2, 0) is 9.53 Å². The lowest BCUT2D eigenvalue weighted by Crippen LogP contribution is -2.50. The quantitative estimate of drug-likeness (QED) is 0.853. The van der Waals surface area contributed by atoms with Gasteiger partial charge in [-0.15, -0.1) is 0 Å². The third-order valence-corrected chi connectivity index (χ3v) is 4.02. The number of halogens is 1. The number of rotatable bonds is 4. The van der Waals surface area contributed by atoms with Crippen molar-refractivity contribution in [3.05, 3.63) is 30.1 Å². The summed E-state index contributed by atoms with van der Waals surface area (Å²) in [7, 11) is 0. The molecule has 110 valence electrons. The van der Waals surface area contributed by atoms with E-state index in [-0.39, 0.29) is 11.8 Å². The van der Waals surface area contributed by atoms with Gasteiger partial charge in [0.05, 0.1) is 6.61 Å². The summed E-state index contributed by atoms with van der Waals surface area (Å²) in [5.74, 6) is 0.154. The van der Waals surface area contributed by atoms with Crippen LogP contribution < -0.4 is 5.32 Å². The van der Waals surface area contributed by atoms with Crippen LogP contribution >= 0.6 is 0 Å². The average molecular weight is 279 g/mol. The molecule has 0 spiro atoms. The molecule has 3 nitrogen and oxygen atoms in total. The highest BCUT2D eigenvalue weighted by atomic mass is 19.1. The van der Waals surface area contributed by atoms with Crippen LogP contribution in [0, 0.1) is 11.7 Å². The lowest BCUT2D eigenvalue weighted by molar-refractivity contribution is -0.150. The molecule has 4 heteroatoms. The number of carbonyl (C=O) groups is 1. The van der Waals surface area contributed by atoms with Gasteiger partial charge in [0.15, 0.2) is 0 Å². The first-order valence-electron chi connectivity index (χ1n) is 7.27. The Kier molecular flexibility index (Phi) is 4.63. The number of ether oxygens (including phenoxy) is 1. The fraction of sp³-hybridized carbons (Fsp3) is 0.562. The molecule has 1 aliphatic carbocycles. The topological polar surface area (TPSA) is 38.3 Å². The van der Waals surface area contributed by atoms with Crippen molar-refractivity contribution >= 4 is 11.7 Å². The lowest BCUT2D eigenvalue weighted by Gasteiger charge is -2.38. The van der Waals surface area contributed by atoms with Gasteiger partial charge in [-0.05, 0) is 62.8 Å². The maximum atomic E-state index is 13.0. The third-order valence-electron chi connectivity index (χ3n) is 4.02. The second-order valence-electron chi connectivity index (χ2n) is 5.62. The minimum atomic E-state index is -0.666. The molecule has 20 heavy (non-hydrogen) atoms. The van der Waals surface area contributed by atoms with Gasteiger partial charge in [0.2, 0.25) is 0 Å². The zero-order chi connectivity index (χ0) is 14.6. The fourth-order valence-corrected chi connectivity index (χ4v) is 2.71. The van der Waals surface area contributed by atoms with E-state index < -0.39 is 5.54 Å². The van der Waals surface area contributed by atoms with Gasteiger partial charge in [0.1, 0.15) is 11.4 Å². The Bertz CT molecular complexity index is 450. The smallest absolute Gasteiger partial charge is 0.331 e. The van der Waals surface area contributed by atoms with Crippen molar-refractivity contribution in [3.63, 3.8) is 0 Å². The Hall–Kier alpha value is -1.58. The van der Waals surface area contributed by atoms with E-state index in [4.69, 9.17) is 4.74 Å².